The Morgan fingerprint density at radius 2 is 2.06 bits per heavy atom. The summed E-state index contributed by atoms with van der Waals surface area (Å²) in [6.45, 7) is 3.61. The number of phenolic OH excluding ortho intramolecular Hbond substituents is 1. The molecular weight excluding hydrogens is 236 g/mol. The highest BCUT2D eigenvalue weighted by molar-refractivity contribution is 5.70. The Bertz CT molecular complexity index is 416. The SMILES string of the molecule is CCOC(=O)CC(O)C(O)c1ccc(O)cc1C. The van der Waals surface area contributed by atoms with Crippen LogP contribution in [0.2, 0.25) is 0 Å². The van der Waals surface area contributed by atoms with Crippen molar-refractivity contribution in [3.63, 3.8) is 0 Å². The third-order valence-electron chi connectivity index (χ3n) is 2.62. The lowest BCUT2D eigenvalue weighted by Crippen LogP contribution is -2.23. The van der Waals surface area contributed by atoms with E-state index in [2.05, 4.69) is 0 Å². The number of benzene rings is 1. The van der Waals surface area contributed by atoms with E-state index in [4.69, 9.17) is 4.74 Å². The molecule has 0 aromatic heterocycles. The molecular formula is C13H18O5. The first-order chi connectivity index (χ1) is 8.45. The summed E-state index contributed by atoms with van der Waals surface area (Å²) in [5, 5.41) is 28.9. The van der Waals surface area contributed by atoms with E-state index in [0.29, 0.717) is 11.1 Å². The van der Waals surface area contributed by atoms with Gasteiger partial charge in [-0.15, -0.1) is 0 Å². The average Bonchev–Trinajstić information content (AvgIpc) is 2.28. The zero-order chi connectivity index (χ0) is 13.7. The van der Waals surface area contributed by atoms with Gasteiger partial charge in [-0.1, -0.05) is 6.07 Å². The number of ether oxygens (including phenoxy) is 1. The minimum absolute atomic E-state index is 0.0864. The minimum atomic E-state index is -1.23. The van der Waals surface area contributed by atoms with E-state index < -0.39 is 18.2 Å². The van der Waals surface area contributed by atoms with Gasteiger partial charge >= 0.3 is 5.97 Å². The van der Waals surface area contributed by atoms with Crippen molar-refractivity contribution < 1.29 is 24.9 Å². The van der Waals surface area contributed by atoms with E-state index in [1.807, 2.05) is 0 Å². The van der Waals surface area contributed by atoms with Crippen molar-refractivity contribution in [2.24, 2.45) is 0 Å². The van der Waals surface area contributed by atoms with Crippen LogP contribution in [-0.4, -0.2) is 34.0 Å². The molecule has 100 valence electrons. The molecule has 0 fully saturated rings. The summed E-state index contributed by atoms with van der Waals surface area (Å²) in [5.41, 5.74) is 1.12. The summed E-state index contributed by atoms with van der Waals surface area (Å²) in [5.74, 6) is -0.469. The van der Waals surface area contributed by atoms with E-state index >= 15 is 0 Å². The number of carbonyl (C=O) groups excluding carboxylic acids is 1. The summed E-state index contributed by atoms with van der Waals surface area (Å²) in [4.78, 5) is 11.2. The molecule has 5 nitrogen and oxygen atoms in total. The monoisotopic (exact) mass is 254 g/mol. The highest BCUT2D eigenvalue weighted by Gasteiger charge is 2.23. The molecule has 0 radical (unpaired) electrons. The van der Waals surface area contributed by atoms with Crippen molar-refractivity contribution in [1.82, 2.24) is 0 Å². The Kier molecular flexibility index (Phi) is 5.12. The fourth-order valence-corrected chi connectivity index (χ4v) is 1.70. The molecule has 0 amide bonds. The van der Waals surface area contributed by atoms with Crippen LogP contribution in [-0.2, 0) is 9.53 Å². The lowest BCUT2D eigenvalue weighted by atomic mass is 9.97. The van der Waals surface area contributed by atoms with E-state index in [0.717, 1.165) is 0 Å². The standard InChI is InChI=1S/C13H18O5/c1-3-18-12(16)7-11(15)13(17)10-5-4-9(14)6-8(10)2/h4-6,11,13-15,17H,3,7H2,1-2H3. The molecule has 0 bridgehead atoms. The smallest absolute Gasteiger partial charge is 0.308 e. The number of hydrogen-bond donors (Lipinski definition) is 3. The number of aryl methyl sites for hydroxylation is 1. The van der Waals surface area contributed by atoms with Crippen molar-refractivity contribution in [2.45, 2.75) is 32.5 Å². The molecule has 0 heterocycles. The van der Waals surface area contributed by atoms with Gasteiger partial charge in [-0.3, -0.25) is 4.79 Å². The molecule has 0 saturated carbocycles. The van der Waals surface area contributed by atoms with Gasteiger partial charge in [0.25, 0.3) is 0 Å². The van der Waals surface area contributed by atoms with Crippen LogP contribution in [0.4, 0.5) is 0 Å². The molecule has 2 atom stereocenters. The molecule has 1 aromatic carbocycles. The molecule has 3 N–H and O–H groups in total. The summed E-state index contributed by atoms with van der Waals surface area (Å²) in [7, 11) is 0. The van der Waals surface area contributed by atoms with Crippen LogP contribution in [0.1, 0.15) is 30.6 Å². The van der Waals surface area contributed by atoms with E-state index in [1.54, 1.807) is 13.8 Å². The van der Waals surface area contributed by atoms with Crippen molar-refractivity contribution in [1.29, 1.82) is 0 Å². The van der Waals surface area contributed by atoms with Crippen molar-refractivity contribution in [3.05, 3.63) is 29.3 Å². The molecule has 1 aromatic rings. The molecule has 5 heteroatoms. The largest absolute Gasteiger partial charge is 0.508 e. The average molecular weight is 254 g/mol. The van der Waals surface area contributed by atoms with Gasteiger partial charge in [0.1, 0.15) is 11.9 Å². The predicted molar refractivity (Wildman–Crippen MR) is 65.1 cm³/mol. The molecule has 0 aliphatic heterocycles. The van der Waals surface area contributed by atoms with Crippen LogP contribution in [0, 0.1) is 6.92 Å². The Balaban J connectivity index is 2.73. The predicted octanol–water partition coefficient (Wildman–Crippen LogP) is 1.05. The van der Waals surface area contributed by atoms with Crippen LogP contribution in [0.5, 0.6) is 5.75 Å². The van der Waals surface area contributed by atoms with Gasteiger partial charge in [0.2, 0.25) is 0 Å². The molecule has 0 aliphatic carbocycles. The summed E-state index contributed by atoms with van der Waals surface area (Å²) in [6, 6.07) is 4.42. The Morgan fingerprint density at radius 1 is 1.39 bits per heavy atom. The lowest BCUT2D eigenvalue weighted by molar-refractivity contribution is -0.147. The zero-order valence-electron chi connectivity index (χ0n) is 10.5. The number of carbonyl (C=O) groups is 1. The van der Waals surface area contributed by atoms with E-state index in [9.17, 15) is 20.1 Å². The summed E-state index contributed by atoms with van der Waals surface area (Å²) in [6.07, 6.45) is -2.68. The zero-order valence-corrected chi connectivity index (χ0v) is 10.5. The molecule has 0 aliphatic rings. The van der Waals surface area contributed by atoms with Gasteiger partial charge in [0, 0.05) is 0 Å². The number of rotatable bonds is 5. The number of hydrogen-bond acceptors (Lipinski definition) is 5. The topological polar surface area (TPSA) is 87.0 Å². The number of aliphatic hydroxyl groups is 2. The second kappa shape index (κ2) is 6.37. The normalized spacial score (nSPS) is 14.0. The first-order valence-electron chi connectivity index (χ1n) is 5.77. The highest BCUT2D eigenvalue weighted by Crippen LogP contribution is 2.25. The first kappa shape index (κ1) is 14.5. The molecule has 0 spiro atoms. The van der Waals surface area contributed by atoms with Gasteiger partial charge in [-0.05, 0) is 37.1 Å². The van der Waals surface area contributed by atoms with Crippen LogP contribution >= 0.6 is 0 Å². The van der Waals surface area contributed by atoms with Gasteiger partial charge in [-0.25, -0.2) is 0 Å². The number of esters is 1. The van der Waals surface area contributed by atoms with Gasteiger partial charge in [0.15, 0.2) is 0 Å². The molecule has 18 heavy (non-hydrogen) atoms. The maximum absolute atomic E-state index is 11.2. The minimum Gasteiger partial charge on any atom is -0.508 e. The third-order valence-corrected chi connectivity index (χ3v) is 2.62. The fraction of sp³-hybridized carbons (Fsp3) is 0.462. The Labute approximate surface area is 106 Å². The second-order valence-corrected chi connectivity index (χ2v) is 4.06. The van der Waals surface area contributed by atoms with E-state index in [-0.39, 0.29) is 18.8 Å². The Hall–Kier alpha value is -1.59. The number of aliphatic hydroxyl groups excluding tert-OH is 2. The number of aromatic hydroxyl groups is 1. The van der Waals surface area contributed by atoms with Crippen LogP contribution in [0.15, 0.2) is 18.2 Å². The molecule has 2 unspecified atom stereocenters. The molecule has 1 rings (SSSR count). The first-order valence-corrected chi connectivity index (χ1v) is 5.77. The Morgan fingerprint density at radius 3 is 2.61 bits per heavy atom. The lowest BCUT2D eigenvalue weighted by Gasteiger charge is -2.19. The maximum Gasteiger partial charge on any atom is 0.308 e. The van der Waals surface area contributed by atoms with Crippen molar-refractivity contribution in [3.8, 4) is 5.75 Å². The van der Waals surface area contributed by atoms with Gasteiger partial charge in [-0.2, -0.15) is 0 Å². The van der Waals surface area contributed by atoms with Crippen LogP contribution in [0.25, 0.3) is 0 Å². The highest BCUT2D eigenvalue weighted by atomic mass is 16.5. The van der Waals surface area contributed by atoms with Crippen LogP contribution in [0.3, 0.4) is 0 Å². The number of phenols is 1. The van der Waals surface area contributed by atoms with Crippen molar-refractivity contribution >= 4 is 5.97 Å². The van der Waals surface area contributed by atoms with Crippen LogP contribution < -0.4 is 0 Å². The van der Waals surface area contributed by atoms with Crippen molar-refractivity contribution in [2.75, 3.05) is 6.61 Å². The molecule has 0 saturated heterocycles. The summed E-state index contributed by atoms with van der Waals surface area (Å²) >= 11 is 0. The van der Waals surface area contributed by atoms with Gasteiger partial charge < -0.3 is 20.1 Å². The maximum atomic E-state index is 11.2. The fourth-order valence-electron chi connectivity index (χ4n) is 1.70. The van der Waals surface area contributed by atoms with E-state index in [1.165, 1.54) is 18.2 Å². The quantitative estimate of drug-likeness (QED) is 0.684. The summed E-state index contributed by atoms with van der Waals surface area (Å²) < 4.78 is 4.70. The van der Waals surface area contributed by atoms with Gasteiger partial charge in [0.05, 0.1) is 19.1 Å². The second-order valence-electron chi connectivity index (χ2n) is 4.06. The third kappa shape index (κ3) is 3.72.